The summed E-state index contributed by atoms with van der Waals surface area (Å²) in [7, 11) is -4.84. The summed E-state index contributed by atoms with van der Waals surface area (Å²) in [6, 6.07) is 0. The van der Waals surface area contributed by atoms with Gasteiger partial charge in [-0.1, -0.05) is 16.9 Å². The molecule has 1 fully saturated rings. The van der Waals surface area contributed by atoms with E-state index >= 15 is 0 Å². The molecule has 1 heterocycles. The lowest BCUT2D eigenvalue weighted by Gasteiger charge is -2.39. The standard InChI is InChI=1S/C9H17NO10S2/c11-2-1-5(10-20-22(16,17)18)21-9-8(15)7(14)6(13)4(3-12)19-9/h4,6-9,11-15H,1-3H2,(H,16,17,18). The predicted octanol–water partition coefficient (Wildman–Crippen LogP) is -2.97. The monoisotopic (exact) mass is 363 g/mol. The molecule has 1 aliphatic heterocycles. The van der Waals surface area contributed by atoms with Crippen molar-refractivity contribution in [3.05, 3.63) is 0 Å². The van der Waals surface area contributed by atoms with Gasteiger partial charge < -0.3 is 30.3 Å². The van der Waals surface area contributed by atoms with E-state index in [4.69, 9.17) is 19.5 Å². The molecule has 0 aromatic heterocycles. The number of nitrogens with zero attached hydrogens (tertiary/aromatic N) is 1. The molecule has 0 spiro atoms. The Morgan fingerprint density at radius 2 is 1.82 bits per heavy atom. The SMILES string of the molecule is O=S(=O)(O)ON=C(CCO)SC1OC(CO)C(O)C(O)C1O. The van der Waals surface area contributed by atoms with Crippen molar-refractivity contribution in [2.75, 3.05) is 13.2 Å². The first-order valence-corrected chi connectivity index (χ1v) is 8.25. The fraction of sp³-hybridized carbons (Fsp3) is 0.889. The van der Waals surface area contributed by atoms with Gasteiger partial charge in [0.05, 0.1) is 6.61 Å². The second-order valence-electron chi connectivity index (χ2n) is 4.28. The molecule has 11 nitrogen and oxygen atoms in total. The van der Waals surface area contributed by atoms with Crippen LogP contribution in [0.25, 0.3) is 0 Å². The first-order chi connectivity index (χ1) is 10.2. The molecular formula is C9H17NO10S2. The number of aliphatic hydroxyl groups excluding tert-OH is 5. The summed E-state index contributed by atoms with van der Waals surface area (Å²) < 4.78 is 38.3. The van der Waals surface area contributed by atoms with E-state index in [9.17, 15) is 23.7 Å². The number of rotatable bonds is 6. The fourth-order valence-electron chi connectivity index (χ4n) is 1.61. The highest BCUT2D eigenvalue weighted by Gasteiger charge is 2.44. The topological polar surface area (TPSA) is 186 Å². The Kier molecular flexibility index (Phi) is 7.43. The molecule has 0 aliphatic carbocycles. The Morgan fingerprint density at radius 3 is 2.32 bits per heavy atom. The highest BCUT2D eigenvalue weighted by atomic mass is 32.3. The lowest BCUT2D eigenvalue weighted by Crippen LogP contribution is -2.57. The highest BCUT2D eigenvalue weighted by molar-refractivity contribution is 8.14. The summed E-state index contributed by atoms with van der Waals surface area (Å²) >= 11 is 0.599. The van der Waals surface area contributed by atoms with Gasteiger partial charge in [0.2, 0.25) is 0 Å². The molecule has 0 saturated carbocycles. The van der Waals surface area contributed by atoms with Gasteiger partial charge in [0.25, 0.3) is 0 Å². The molecule has 1 saturated heterocycles. The Labute approximate surface area is 130 Å². The molecule has 5 atom stereocenters. The zero-order valence-electron chi connectivity index (χ0n) is 11.1. The van der Waals surface area contributed by atoms with E-state index in [0.717, 1.165) is 0 Å². The molecule has 22 heavy (non-hydrogen) atoms. The zero-order chi connectivity index (χ0) is 16.9. The summed E-state index contributed by atoms with van der Waals surface area (Å²) in [4.78, 5) is 0. The fourth-order valence-corrected chi connectivity index (χ4v) is 2.90. The molecule has 0 aromatic rings. The summed E-state index contributed by atoms with van der Waals surface area (Å²) in [5, 5.41) is 49.8. The summed E-state index contributed by atoms with van der Waals surface area (Å²) in [5.41, 5.74) is -1.22. The van der Waals surface area contributed by atoms with Crippen LogP contribution in [0.2, 0.25) is 0 Å². The van der Waals surface area contributed by atoms with Crippen LogP contribution in [0.4, 0.5) is 0 Å². The minimum Gasteiger partial charge on any atom is -0.396 e. The van der Waals surface area contributed by atoms with Gasteiger partial charge in [0.15, 0.2) is 0 Å². The average molecular weight is 363 g/mol. The molecule has 130 valence electrons. The quantitative estimate of drug-likeness (QED) is 0.122. The van der Waals surface area contributed by atoms with Crippen LogP contribution in [-0.4, -0.2) is 86.6 Å². The maximum Gasteiger partial charge on any atom is 0.466 e. The summed E-state index contributed by atoms with van der Waals surface area (Å²) in [5.74, 6) is 0. The number of oxime groups is 1. The Bertz CT molecular complexity index is 481. The van der Waals surface area contributed by atoms with Crippen molar-refractivity contribution in [1.29, 1.82) is 0 Å². The maximum absolute atomic E-state index is 10.5. The molecule has 0 amide bonds. The van der Waals surface area contributed by atoms with Crippen molar-refractivity contribution in [3.63, 3.8) is 0 Å². The van der Waals surface area contributed by atoms with E-state index < -0.39 is 53.5 Å². The van der Waals surface area contributed by atoms with Gasteiger partial charge in [-0.3, -0.25) is 4.55 Å². The number of hydrogen-bond acceptors (Lipinski definition) is 11. The van der Waals surface area contributed by atoms with Crippen LogP contribution in [0.3, 0.4) is 0 Å². The summed E-state index contributed by atoms with van der Waals surface area (Å²) in [6.07, 6.45) is -6.05. The molecule has 5 unspecified atom stereocenters. The van der Waals surface area contributed by atoms with Crippen LogP contribution in [0.15, 0.2) is 5.16 Å². The van der Waals surface area contributed by atoms with Gasteiger partial charge in [-0.25, -0.2) is 4.28 Å². The minimum absolute atomic E-state index is 0.163. The molecular weight excluding hydrogens is 346 g/mol. The van der Waals surface area contributed by atoms with E-state index in [-0.39, 0.29) is 11.5 Å². The van der Waals surface area contributed by atoms with Crippen molar-refractivity contribution < 1.29 is 47.5 Å². The molecule has 0 radical (unpaired) electrons. The smallest absolute Gasteiger partial charge is 0.396 e. The van der Waals surface area contributed by atoms with Crippen molar-refractivity contribution in [3.8, 4) is 0 Å². The molecule has 13 heteroatoms. The second-order valence-corrected chi connectivity index (χ2v) is 6.45. The van der Waals surface area contributed by atoms with Gasteiger partial charge in [-0.2, -0.15) is 8.42 Å². The van der Waals surface area contributed by atoms with Crippen LogP contribution in [0.1, 0.15) is 6.42 Å². The normalized spacial score (nSPS) is 33.7. The average Bonchev–Trinajstić information content (AvgIpc) is 2.44. The Morgan fingerprint density at radius 1 is 1.18 bits per heavy atom. The van der Waals surface area contributed by atoms with Crippen LogP contribution >= 0.6 is 11.8 Å². The lowest BCUT2D eigenvalue weighted by molar-refractivity contribution is -0.205. The van der Waals surface area contributed by atoms with E-state index in [2.05, 4.69) is 9.44 Å². The third-order valence-electron chi connectivity index (χ3n) is 2.66. The van der Waals surface area contributed by atoms with Crippen LogP contribution in [0, 0.1) is 0 Å². The zero-order valence-corrected chi connectivity index (χ0v) is 12.7. The van der Waals surface area contributed by atoms with Crippen molar-refractivity contribution in [1.82, 2.24) is 0 Å². The third-order valence-corrected chi connectivity index (χ3v) is 4.10. The second kappa shape index (κ2) is 8.37. The lowest BCUT2D eigenvalue weighted by atomic mass is 10.0. The van der Waals surface area contributed by atoms with Gasteiger partial charge >= 0.3 is 10.4 Å². The van der Waals surface area contributed by atoms with Gasteiger partial charge in [-0.05, 0) is 0 Å². The summed E-state index contributed by atoms with van der Waals surface area (Å²) in [6.45, 7) is -1.08. The predicted molar refractivity (Wildman–Crippen MR) is 73.1 cm³/mol. The molecule has 6 N–H and O–H groups in total. The molecule has 0 aromatic carbocycles. The van der Waals surface area contributed by atoms with E-state index in [1.165, 1.54) is 0 Å². The minimum atomic E-state index is -4.84. The number of aliphatic hydroxyl groups is 5. The Balaban J connectivity index is 2.83. The van der Waals surface area contributed by atoms with Crippen LogP contribution in [0.5, 0.6) is 0 Å². The maximum atomic E-state index is 10.5. The van der Waals surface area contributed by atoms with Crippen LogP contribution in [-0.2, 0) is 19.4 Å². The van der Waals surface area contributed by atoms with E-state index in [0.29, 0.717) is 11.8 Å². The first-order valence-electron chi connectivity index (χ1n) is 6.00. The van der Waals surface area contributed by atoms with Gasteiger partial charge in [0.1, 0.15) is 34.9 Å². The molecule has 1 rings (SSSR count). The first kappa shape index (κ1) is 19.5. The largest absolute Gasteiger partial charge is 0.466 e. The number of hydrogen-bond donors (Lipinski definition) is 6. The van der Waals surface area contributed by atoms with Crippen molar-refractivity contribution in [2.24, 2.45) is 5.16 Å². The third kappa shape index (κ3) is 5.60. The number of thioether (sulfide) groups is 1. The van der Waals surface area contributed by atoms with E-state index in [1.54, 1.807) is 0 Å². The van der Waals surface area contributed by atoms with Crippen molar-refractivity contribution in [2.45, 2.75) is 36.3 Å². The van der Waals surface area contributed by atoms with E-state index in [1.807, 2.05) is 0 Å². The van der Waals surface area contributed by atoms with Crippen LogP contribution < -0.4 is 0 Å². The van der Waals surface area contributed by atoms with Crippen molar-refractivity contribution >= 4 is 27.2 Å². The highest BCUT2D eigenvalue weighted by Crippen LogP contribution is 2.30. The molecule has 1 aliphatic rings. The number of ether oxygens (including phenoxy) is 1. The van der Waals surface area contributed by atoms with Gasteiger partial charge in [0, 0.05) is 13.0 Å². The molecule has 0 bridgehead atoms. The van der Waals surface area contributed by atoms with Gasteiger partial charge in [-0.15, -0.1) is 0 Å². The Hall–Kier alpha value is -0.510.